The normalized spacial score (nSPS) is 10.9. The number of hydrogen-bond donors (Lipinski definition) is 0. The van der Waals surface area contributed by atoms with E-state index in [9.17, 15) is 4.39 Å². The monoisotopic (exact) mass is 228 g/mol. The van der Waals surface area contributed by atoms with Crippen molar-refractivity contribution in [2.75, 3.05) is 0 Å². The van der Waals surface area contributed by atoms with Crippen LogP contribution < -0.4 is 0 Å². The fourth-order valence-electron chi connectivity index (χ4n) is 1.22. The van der Waals surface area contributed by atoms with Gasteiger partial charge in [0.1, 0.15) is 10.4 Å². The summed E-state index contributed by atoms with van der Waals surface area (Å²) >= 11 is 3.20. The number of halogens is 2. The maximum Gasteiger partial charge on any atom is 0.138 e. The standard InChI is InChI=1S/C8H6BrFN2/c1-12-6-4-2-3-5(10)7(6)8(9)11-12/h2-4H,1H3. The molecule has 0 radical (unpaired) electrons. The topological polar surface area (TPSA) is 17.8 Å². The van der Waals surface area contributed by atoms with E-state index in [0.29, 0.717) is 9.99 Å². The van der Waals surface area contributed by atoms with Crippen LogP contribution >= 0.6 is 15.9 Å². The molecular formula is C8H6BrFN2. The van der Waals surface area contributed by atoms with Crippen molar-refractivity contribution in [3.63, 3.8) is 0 Å². The van der Waals surface area contributed by atoms with Gasteiger partial charge in [-0.05, 0) is 28.1 Å². The predicted molar refractivity (Wildman–Crippen MR) is 48.4 cm³/mol. The molecule has 2 rings (SSSR count). The number of fused-ring (bicyclic) bond motifs is 1. The Labute approximate surface area is 77.1 Å². The average Bonchev–Trinajstić information content (AvgIpc) is 2.29. The summed E-state index contributed by atoms with van der Waals surface area (Å²) in [6, 6.07) is 4.93. The first kappa shape index (κ1) is 7.73. The van der Waals surface area contributed by atoms with Gasteiger partial charge < -0.3 is 0 Å². The number of aryl methyl sites for hydroxylation is 1. The summed E-state index contributed by atoms with van der Waals surface area (Å²) in [6.07, 6.45) is 0. The summed E-state index contributed by atoms with van der Waals surface area (Å²) in [6.45, 7) is 0. The fraction of sp³-hybridized carbons (Fsp3) is 0.125. The van der Waals surface area contributed by atoms with E-state index in [1.807, 2.05) is 6.07 Å². The van der Waals surface area contributed by atoms with Crippen molar-refractivity contribution in [3.05, 3.63) is 28.6 Å². The number of benzene rings is 1. The summed E-state index contributed by atoms with van der Waals surface area (Å²) in [7, 11) is 1.78. The lowest BCUT2D eigenvalue weighted by molar-refractivity contribution is 0.639. The molecule has 62 valence electrons. The van der Waals surface area contributed by atoms with E-state index in [2.05, 4.69) is 21.0 Å². The molecule has 1 aromatic heterocycles. The molecule has 0 fully saturated rings. The Morgan fingerprint density at radius 2 is 2.25 bits per heavy atom. The van der Waals surface area contributed by atoms with Gasteiger partial charge in [-0.1, -0.05) is 6.07 Å². The first-order chi connectivity index (χ1) is 5.70. The van der Waals surface area contributed by atoms with Crippen molar-refractivity contribution in [3.8, 4) is 0 Å². The second-order valence-corrected chi connectivity index (χ2v) is 3.30. The van der Waals surface area contributed by atoms with Gasteiger partial charge in [0.25, 0.3) is 0 Å². The molecule has 12 heavy (non-hydrogen) atoms. The summed E-state index contributed by atoms with van der Waals surface area (Å²) in [4.78, 5) is 0. The molecule has 1 aromatic carbocycles. The highest BCUT2D eigenvalue weighted by molar-refractivity contribution is 9.10. The van der Waals surface area contributed by atoms with Crippen LogP contribution in [0, 0.1) is 5.82 Å². The van der Waals surface area contributed by atoms with Crippen molar-refractivity contribution in [1.29, 1.82) is 0 Å². The third kappa shape index (κ3) is 0.948. The molecule has 0 unspecified atom stereocenters. The highest BCUT2D eigenvalue weighted by atomic mass is 79.9. The molecule has 0 amide bonds. The molecule has 0 aliphatic rings. The molecule has 0 N–H and O–H groups in total. The van der Waals surface area contributed by atoms with Gasteiger partial charge in [-0.2, -0.15) is 5.10 Å². The van der Waals surface area contributed by atoms with Crippen LogP contribution in [0.15, 0.2) is 22.8 Å². The average molecular weight is 229 g/mol. The molecule has 0 saturated heterocycles. The van der Waals surface area contributed by atoms with Crippen molar-refractivity contribution < 1.29 is 4.39 Å². The van der Waals surface area contributed by atoms with Gasteiger partial charge in [0, 0.05) is 7.05 Å². The molecular weight excluding hydrogens is 223 g/mol. The Kier molecular flexibility index (Phi) is 1.65. The van der Waals surface area contributed by atoms with Crippen LogP contribution in [0.2, 0.25) is 0 Å². The van der Waals surface area contributed by atoms with Crippen molar-refractivity contribution >= 4 is 26.8 Å². The second kappa shape index (κ2) is 2.55. The van der Waals surface area contributed by atoms with Gasteiger partial charge in [0.2, 0.25) is 0 Å². The molecule has 2 aromatic rings. The molecule has 0 atom stereocenters. The van der Waals surface area contributed by atoms with E-state index in [4.69, 9.17) is 0 Å². The third-order valence-corrected chi connectivity index (χ3v) is 2.34. The van der Waals surface area contributed by atoms with Crippen molar-refractivity contribution in [2.24, 2.45) is 7.05 Å². The van der Waals surface area contributed by atoms with Crippen LogP contribution in [0.5, 0.6) is 0 Å². The van der Waals surface area contributed by atoms with Gasteiger partial charge in [-0.15, -0.1) is 0 Å². The minimum atomic E-state index is -0.243. The van der Waals surface area contributed by atoms with Crippen molar-refractivity contribution in [2.45, 2.75) is 0 Å². The van der Waals surface area contributed by atoms with Crippen LogP contribution in [0.3, 0.4) is 0 Å². The van der Waals surface area contributed by atoms with Crippen LogP contribution in [0.1, 0.15) is 0 Å². The zero-order valence-corrected chi connectivity index (χ0v) is 7.97. The lowest BCUT2D eigenvalue weighted by atomic mass is 10.2. The van der Waals surface area contributed by atoms with Gasteiger partial charge in [-0.25, -0.2) is 4.39 Å². The van der Waals surface area contributed by atoms with E-state index in [0.717, 1.165) is 5.52 Å². The molecule has 0 aliphatic carbocycles. The van der Waals surface area contributed by atoms with Crippen molar-refractivity contribution in [1.82, 2.24) is 9.78 Å². The summed E-state index contributed by atoms with van der Waals surface area (Å²) < 4.78 is 15.4. The molecule has 0 saturated carbocycles. The highest BCUT2D eigenvalue weighted by Crippen LogP contribution is 2.24. The lowest BCUT2D eigenvalue weighted by Gasteiger charge is -1.92. The van der Waals surface area contributed by atoms with E-state index < -0.39 is 0 Å². The predicted octanol–water partition coefficient (Wildman–Crippen LogP) is 2.47. The van der Waals surface area contributed by atoms with Crippen LogP contribution in [-0.2, 0) is 7.05 Å². The van der Waals surface area contributed by atoms with E-state index in [1.54, 1.807) is 17.8 Å². The van der Waals surface area contributed by atoms with E-state index >= 15 is 0 Å². The maximum atomic E-state index is 13.2. The molecule has 0 spiro atoms. The second-order valence-electron chi connectivity index (χ2n) is 2.55. The lowest BCUT2D eigenvalue weighted by Crippen LogP contribution is -1.88. The smallest absolute Gasteiger partial charge is 0.138 e. The van der Waals surface area contributed by atoms with E-state index in [-0.39, 0.29) is 5.82 Å². The number of rotatable bonds is 0. The van der Waals surface area contributed by atoms with Gasteiger partial charge in [-0.3, -0.25) is 4.68 Å². The van der Waals surface area contributed by atoms with Crippen LogP contribution in [0.4, 0.5) is 4.39 Å². The fourth-order valence-corrected chi connectivity index (χ4v) is 1.85. The zero-order chi connectivity index (χ0) is 8.72. The quantitative estimate of drug-likeness (QED) is 0.678. The molecule has 1 heterocycles. The largest absolute Gasteiger partial charge is 0.267 e. The first-order valence-corrected chi connectivity index (χ1v) is 4.26. The Bertz CT molecular complexity index is 436. The van der Waals surface area contributed by atoms with E-state index in [1.165, 1.54) is 6.07 Å². The Morgan fingerprint density at radius 1 is 1.50 bits per heavy atom. The number of aromatic nitrogens is 2. The number of hydrogen-bond acceptors (Lipinski definition) is 1. The summed E-state index contributed by atoms with van der Waals surface area (Å²) in [5, 5.41) is 4.59. The molecule has 0 bridgehead atoms. The number of nitrogens with zero attached hydrogens (tertiary/aromatic N) is 2. The Hall–Kier alpha value is -0.900. The SMILES string of the molecule is Cn1nc(Br)c2c(F)cccc21. The Morgan fingerprint density at radius 3 is 2.92 bits per heavy atom. The van der Waals surface area contributed by atoms with Crippen LogP contribution in [-0.4, -0.2) is 9.78 Å². The zero-order valence-electron chi connectivity index (χ0n) is 6.38. The maximum absolute atomic E-state index is 13.2. The van der Waals surface area contributed by atoms with Gasteiger partial charge in [0.05, 0.1) is 10.9 Å². The molecule has 2 nitrogen and oxygen atoms in total. The summed E-state index contributed by atoms with van der Waals surface area (Å²) in [5.74, 6) is -0.243. The minimum Gasteiger partial charge on any atom is -0.267 e. The third-order valence-electron chi connectivity index (χ3n) is 1.78. The minimum absolute atomic E-state index is 0.243. The Balaban J connectivity index is 2.99. The van der Waals surface area contributed by atoms with Gasteiger partial charge >= 0.3 is 0 Å². The molecule has 4 heteroatoms. The first-order valence-electron chi connectivity index (χ1n) is 3.47. The molecule has 0 aliphatic heterocycles. The summed E-state index contributed by atoms with van der Waals surface area (Å²) in [5.41, 5.74) is 0.793. The van der Waals surface area contributed by atoms with Crippen LogP contribution in [0.25, 0.3) is 10.9 Å². The highest BCUT2D eigenvalue weighted by Gasteiger charge is 2.09. The van der Waals surface area contributed by atoms with Gasteiger partial charge in [0.15, 0.2) is 0 Å².